The van der Waals surface area contributed by atoms with E-state index in [2.05, 4.69) is 17.3 Å². The van der Waals surface area contributed by atoms with E-state index in [0.717, 1.165) is 32.4 Å². The van der Waals surface area contributed by atoms with Gasteiger partial charge in [-0.25, -0.2) is 0 Å². The topological polar surface area (TPSA) is 69.6 Å². The minimum Gasteiger partial charge on any atom is -0.481 e. The van der Waals surface area contributed by atoms with Crippen molar-refractivity contribution in [2.45, 2.75) is 38.5 Å². The van der Waals surface area contributed by atoms with E-state index in [1.165, 1.54) is 6.42 Å². The second-order valence-corrected chi connectivity index (χ2v) is 6.35. The van der Waals surface area contributed by atoms with Crippen molar-refractivity contribution in [2.75, 3.05) is 26.7 Å². The summed E-state index contributed by atoms with van der Waals surface area (Å²) in [5, 5.41) is 12.2. The number of hydrogen-bond donors (Lipinski definition) is 2. The predicted molar refractivity (Wildman–Crippen MR) is 76.3 cm³/mol. The third-order valence-electron chi connectivity index (χ3n) is 4.71. The van der Waals surface area contributed by atoms with Gasteiger partial charge in [-0.05, 0) is 45.2 Å². The van der Waals surface area contributed by atoms with Gasteiger partial charge in [-0.15, -0.1) is 0 Å². The van der Waals surface area contributed by atoms with Crippen molar-refractivity contribution >= 4 is 11.9 Å². The highest BCUT2D eigenvalue weighted by Gasteiger charge is 2.35. The minimum atomic E-state index is -0.817. The summed E-state index contributed by atoms with van der Waals surface area (Å²) in [4.78, 5) is 25.8. The van der Waals surface area contributed by atoms with Crippen molar-refractivity contribution < 1.29 is 14.7 Å². The Morgan fingerprint density at radius 2 is 1.85 bits per heavy atom. The van der Waals surface area contributed by atoms with Crippen LogP contribution in [0.15, 0.2) is 0 Å². The third-order valence-corrected chi connectivity index (χ3v) is 4.71. The monoisotopic (exact) mass is 282 g/mol. The van der Waals surface area contributed by atoms with Crippen LogP contribution in [0.2, 0.25) is 0 Å². The molecule has 1 saturated carbocycles. The van der Waals surface area contributed by atoms with E-state index in [1.807, 2.05) is 0 Å². The molecule has 0 bridgehead atoms. The van der Waals surface area contributed by atoms with Crippen molar-refractivity contribution in [1.29, 1.82) is 0 Å². The van der Waals surface area contributed by atoms with Gasteiger partial charge in [0.25, 0.3) is 0 Å². The Balaban J connectivity index is 1.82. The van der Waals surface area contributed by atoms with E-state index >= 15 is 0 Å². The highest BCUT2D eigenvalue weighted by molar-refractivity contribution is 5.84. The van der Waals surface area contributed by atoms with E-state index in [0.29, 0.717) is 25.3 Å². The first kappa shape index (κ1) is 15.3. The van der Waals surface area contributed by atoms with Crippen LogP contribution in [0.4, 0.5) is 0 Å². The first-order chi connectivity index (χ1) is 9.58. The van der Waals surface area contributed by atoms with Gasteiger partial charge in [-0.3, -0.25) is 9.59 Å². The average Bonchev–Trinajstić information content (AvgIpc) is 2.45. The van der Waals surface area contributed by atoms with Crippen LogP contribution in [0.3, 0.4) is 0 Å². The molecule has 0 aromatic rings. The fourth-order valence-corrected chi connectivity index (χ4v) is 3.56. The number of hydrogen-bond acceptors (Lipinski definition) is 3. The Kier molecular flexibility index (Phi) is 5.40. The molecule has 1 aliphatic carbocycles. The maximum atomic E-state index is 12.2. The van der Waals surface area contributed by atoms with Crippen LogP contribution >= 0.6 is 0 Å². The van der Waals surface area contributed by atoms with Crippen LogP contribution in [-0.2, 0) is 9.59 Å². The second kappa shape index (κ2) is 7.07. The molecular weight excluding hydrogens is 256 g/mol. The van der Waals surface area contributed by atoms with Gasteiger partial charge in [0.15, 0.2) is 0 Å². The lowest BCUT2D eigenvalue weighted by molar-refractivity contribution is -0.149. The number of nitrogens with zero attached hydrogens (tertiary/aromatic N) is 1. The largest absolute Gasteiger partial charge is 0.481 e. The normalized spacial score (nSPS) is 31.8. The smallest absolute Gasteiger partial charge is 0.307 e. The Morgan fingerprint density at radius 3 is 2.50 bits per heavy atom. The Labute approximate surface area is 120 Å². The lowest BCUT2D eigenvalue weighted by Gasteiger charge is -2.31. The summed E-state index contributed by atoms with van der Waals surface area (Å²) in [7, 11) is 2.11. The van der Waals surface area contributed by atoms with Crippen molar-refractivity contribution in [3.05, 3.63) is 0 Å². The first-order valence-electron chi connectivity index (χ1n) is 7.77. The van der Waals surface area contributed by atoms with Gasteiger partial charge in [0.05, 0.1) is 11.8 Å². The molecule has 2 aliphatic rings. The molecule has 2 rings (SSSR count). The van der Waals surface area contributed by atoms with Gasteiger partial charge in [0.2, 0.25) is 5.91 Å². The molecule has 0 spiro atoms. The summed E-state index contributed by atoms with van der Waals surface area (Å²) in [6, 6.07) is 0. The molecule has 1 amide bonds. The number of rotatable bonds is 4. The van der Waals surface area contributed by atoms with E-state index < -0.39 is 11.9 Å². The minimum absolute atomic E-state index is 0.0506. The highest BCUT2D eigenvalue weighted by atomic mass is 16.4. The van der Waals surface area contributed by atoms with Gasteiger partial charge < -0.3 is 15.3 Å². The maximum Gasteiger partial charge on any atom is 0.307 e. The SMILES string of the molecule is CN1CCCC(CNC(=O)C2CCCCC2C(=O)O)C1. The van der Waals surface area contributed by atoms with Gasteiger partial charge >= 0.3 is 5.97 Å². The molecule has 1 aliphatic heterocycles. The van der Waals surface area contributed by atoms with Crippen molar-refractivity contribution in [3.8, 4) is 0 Å². The zero-order valence-electron chi connectivity index (χ0n) is 12.3. The van der Waals surface area contributed by atoms with Crippen molar-refractivity contribution in [3.63, 3.8) is 0 Å². The van der Waals surface area contributed by atoms with Crippen molar-refractivity contribution in [2.24, 2.45) is 17.8 Å². The zero-order valence-corrected chi connectivity index (χ0v) is 12.3. The van der Waals surface area contributed by atoms with Gasteiger partial charge in [0.1, 0.15) is 0 Å². The van der Waals surface area contributed by atoms with Crippen LogP contribution < -0.4 is 5.32 Å². The fourth-order valence-electron chi connectivity index (χ4n) is 3.56. The number of nitrogens with one attached hydrogen (secondary N) is 1. The summed E-state index contributed by atoms with van der Waals surface area (Å²) < 4.78 is 0. The number of piperidine rings is 1. The second-order valence-electron chi connectivity index (χ2n) is 6.35. The summed E-state index contributed by atoms with van der Waals surface area (Å²) in [6.45, 7) is 2.84. The predicted octanol–water partition coefficient (Wildman–Crippen LogP) is 1.34. The van der Waals surface area contributed by atoms with Gasteiger partial charge in [-0.2, -0.15) is 0 Å². The van der Waals surface area contributed by atoms with Crippen LogP contribution in [-0.4, -0.2) is 48.6 Å². The lowest BCUT2D eigenvalue weighted by atomic mass is 9.78. The number of likely N-dealkylation sites (tertiary alicyclic amines) is 1. The Bertz CT molecular complexity index is 359. The molecule has 3 unspecified atom stereocenters. The Morgan fingerprint density at radius 1 is 1.15 bits per heavy atom. The zero-order chi connectivity index (χ0) is 14.5. The quantitative estimate of drug-likeness (QED) is 0.816. The number of carboxylic acid groups (broad SMARTS) is 1. The van der Waals surface area contributed by atoms with E-state index in [1.54, 1.807) is 0 Å². The van der Waals surface area contributed by atoms with Crippen LogP contribution in [0.25, 0.3) is 0 Å². The molecule has 20 heavy (non-hydrogen) atoms. The molecule has 1 saturated heterocycles. The van der Waals surface area contributed by atoms with Gasteiger partial charge in [-0.1, -0.05) is 12.8 Å². The maximum absolute atomic E-state index is 12.2. The molecule has 3 atom stereocenters. The molecule has 2 N–H and O–H groups in total. The van der Waals surface area contributed by atoms with Crippen molar-refractivity contribution in [1.82, 2.24) is 10.2 Å². The number of carbonyl (C=O) groups excluding carboxylic acids is 1. The highest BCUT2D eigenvalue weighted by Crippen LogP contribution is 2.30. The summed E-state index contributed by atoms with van der Waals surface area (Å²) in [5.74, 6) is -1.18. The van der Waals surface area contributed by atoms with E-state index in [4.69, 9.17) is 0 Å². The summed E-state index contributed by atoms with van der Waals surface area (Å²) >= 11 is 0. The van der Waals surface area contributed by atoms with E-state index in [-0.39, 0.29) is 11.8 Å². The number of amides is 1. The molecule has 2 fully saturated rings. The standard InChI is InChI=1S/C15H26N2O3/c1-17-8-4-5-11(10-17)9-16-14(18)12-6-2-3-7-13(12)15(19)20/h11-13H,2-10H2,1H3,(H,16,18)(H,19,20). The first-order valence-corrected chi connectivity index (χ1v) is 7.77. The molecule has 0 aromatic heterocycles. The summed E-state index contributed by atoms with van der Waals surface area (Å²) in [5.41, 5.74) is 0. The number of carboxylic acids is 1. The number of carbonyl (C=O) groups is 2. The molecular formula is C15H26N2O3. The summed E-state index contributed by atoms with van der Waals surface area (Å²) in [6.07, 6.45) is 5.57. The molecule has 0 aromatic carbocycles. The van der Waals surface area contributed by atoms with Crippen LogP contribution in [0.1, 0.15) is 38.5 Å². The average molecular weight is 282 g/mol. The molecule has 0 radical (unpaired) electrons. The van der Waals surface area contributed by atoms with Crippen LogP contribution in [0, 0.1) is 17.8 Å². The van der Waals surface area contributed by atoms with Gasteiger partial charge in [0, 0.05) is 13.1 Å². The molecule has 5 heteroatoms. The molecule has 114 valence electrons. The van der Waals surface area contributed by atoms with Crippen LogP contribution in [0.5, 0.6) is 0 Å². The third kappa shape index (κ3) is 3.95. The number of aliphatic carboxylic acids is 1. The molecule has 1 heterocycles. The molecule has 5 nitrogen and oxygen atoms in total. The Hall–Kier alpha value is -1.10. The van der Waals surface area contributed by atoms with E-state index in [9.17, 15) is 14.7 Å². The lowest BCUT2D eigenvalue weighted by Crippen LogP contribution is -2.44. The fraction of sp³-hybridized carbons (Fsp3) is 0.867.